The van der Waals surface area contributed by atoms with Gasteiger partial charge in [-0.2, -0.15) is 0 Å². The van der Waals surface area contributed by atoms with Crippen molar-refractivity contribution in [1.82, 2.24) is 14.9 Å². The number of thioether (sulfide) groups is 1. The van der Waals surface area contributed by atoms with Gasteiger partial charge in [0.15, 0.2) is 0 Å². The molecule has 27 heavy (non-hydrogen) atoms. The van der Waals surface area contributed by atoms with Crippen LogP contribution >= 0.6 is 11.8 Å². The van der Waals surface area contributed by atoms with Gasteiger partial charge in [0, 0.05) is 24.3 Å². The number of aromatic nitrogens is 2. The highest BCUT2D eigenvalue weighted by molar-refractivity contribution is 7.99. The first-order valence-electron chi connectivity index (χ1n) is 8.89. The summed E-state index contributed by atoms with van der Waals surface area (Å²) >= 11 is 1.77. The largest absolute Gasteiger partial charge is 0.497 e. The maximum absolute atomic E-state index is 12.7. The predicted octanol–water partition coefficient (Wildman–Crippen LogP) is 4.25. The van der Waals surface area contributed by atoms with Crippen molar-refractivity contribution in [3.8, 4) is 17.1 Å². The molecule has 1 aromatic heterocycles. The van der Waals surface area contributed by atoms with Gasteiger partial charge < -0.3 is 14.6 Å². The Balaban J connectivity index is 1.60. The molecular formula is C21H21N3O2S. The first kappa shape index (κ1) is 17.7. The van der Waals surface area contributed by atoms with E-state index >= 15 is 0 Å². The van der Waals surface area contributed by atoms with Crippen LogP contribution < -0.4 is 4.74 Å². The van der Waals surface area contributed by atoms with Gasteiger partial charge in [-0.05, 0) is 17.7 Å². The number of hydrogen-bond acceptors (Lipinski definition) is 4. The van der Waals surface area contributed by atoms with E-state index in [-0.39, 0.29) is 11.3 Å². The van der Waals surface area contributed by atoms with Crippen LogP contribution in [0, 0.1) is 0 Å². The van der Waals surface area contributed by atoms with Crippen LogP contribution in [0.2, 0.25) is 0 Å². The molecule has 2 heterocycles. The van der Waals surface area contributed by atoms with Crippen molar-refractivity contribution in [3.63, 3.8) is 0 Å². The molecule has 0 radical (unpaired) electrons. The molecule has 1 atom stereocenters. The Morgan fingerprint density at radius 2 is 2.07 bits per heavy atom. The van der Waals surface area contributed by atoms with E-state index in [1.807, 2.05) is 65.7 Å². The summed E-state index contributed by atoms with van der Waals surface area (Å²) in [5, 5.41) is -0.0672. The SMILES string of the molecule is COc1cccc(CN2C(=O)CCSC2c2cnc(-c3ccccc3)[nH]2)c1. The van der Waals surface area contributed by atoms with Gasteiger partial charge in [0.1, 0.15) is 16.9 Å². The lowest BCUT2D eigenvalue weighted by Crippen LogP contribution is -2.36. The number of carbonyl (C=O) groups is 1. The molecule has 1 fully saturated rings. The van der Waals surface area contributed by atoms with Crippen molar-refractivity contribution in [2.24, 2.45) is 0 Å². The smallest absolute Gasteiger partial charge is 0.224 e. The molecule has 0 bridgehead atoms. The number of methoxy groups -OCH3 is 1. The fraction of sp³-hybridized carbons (Fsp3) is 0.238. The van der Waals surface area contributed by atoms with Crippen LogP contribution in [-0.2, 0) is 11.3 Å². The molecule has 1 N–H and O–H groups in total. The van der Waals surface area contributed by atoms with E-state index in [0.717, 1.165) is 34.1 Å². The Bertz CT molecular complexity index is 926. The van der Waals surface area contributed by atoms with E-state index in [1.54, 1.807) is 18.9 Å². The van der Waals surface area contributed by atoms with Gasteiger partial charge in [-0.25, -0.2) is 4.98 Å². The van der Waals surface area contributed by atoms with Crippen LogP contribution in [0.5, 0.6) is 5.75 Å². The first-order valence-corrected chi connectivity index (χ1v) is 9.94. The molecule has 4 rings (SSSR count). The van der Waals surface area contributed by atoms with Crippen molar-refractivity contribution in [3.05, 3.63) is 72.1 Å². The zero-order valence-corrected chi connectivity index (χ0v) is 15.9. The molecule has 1 unspecified atom stereocenters. The Kier molecular flexibility index (Phi) is 5.16. The highest BCUT2D eigenvalue weighted by atomic mass is 32.2. The minimum Gasteiger partial charge on any atom is -0.497 e. The van der Waals surface area contributed by atoms with Crippen molar-refractivity contribution < 1.29 is 9.53 Å². The van der Waals surface area contributed by atoms with Crippen LogP contribution in [-0.4, -0.2) is 33.6 Å². The number of hydrogen-bond donors (Lipinski definition) is 1. The number of rotatable bonds is 5. The van der Waals surface area contributed by atoms with Crippen LogP contribution in [0.4, 0.5) is 0 Å². The summed E-state index contributed by atoms with van der Waals surface area (Å²) in [5.74, 6) is 2.61. The van der Waals surface area contributed by atoms with Crippen molar-refractivity contribution in [2.75, 3.05) is 12.9 Å². The highest BCUT2D eigenvalue weighted by Crippen LogP contribution is 2.38. The second-order valence-electron chi connectivity index (χ2n) is 6.40. The quantitative estimate of drug-likeness (QED) is 0.720. The van der Waals surface area contributed by atoms with Gasteiger partial charge in [0.05, 0.1) is 19.0 Å². The number of benzene rings is 2. The summed E-state index contributed by atoms with van der Waals surface area (Å²) in [6, 6.07) is 17.9. The number of carbonyl (C=O) groups excluding carboxylic acids is 1. The molecule has 3 aromatic rings. The number of ether oxygens (including phenoxy) is 1. The summed E-state index contributed by atoms with van der Waals surface area (Å²) in [6.45, 7) is 0.549. The number of H-pyrrole nitrogens is 1. The molecule has 0 saturated carbocycles. The maximum atomic E-state index is 12.7. The molecule has 138 valence electrons. The third-order valence-electron chi connectivity index (χ3n) is 4.59. The third-order valence-corrected chi connectivity index (χ3v) is 5.85. The van der Waals surface area contributed by atoms with E-state index in [9.17, 15) is 4.79 Å². The molecule has 1 aliphatic rings. The standard InChI is InChI=1S/C21H21N3O2S/c1-26-17-9-5-6-15(12-17)14-24-19(25)10-11-27-21(24)18-13-22-20(23-18)16-7-3-2-4-8-16/h2-9,12-13,21H,10-11,14H2,1H3,(H,22,23). The van der Waals surface area contributed by atoms with Crippen molar-refractivity contribution in [1.29, 1.82) is 0 Å². The monoisotopic (exact) mass is 379 g/mol. The van der Waals surface area contributed by atoms with Gasteiger partial charge in [-0.3, -0.25) is 4.79 Å². The topological polar surface area (TPSA) is 58.2 Å². The lowest BCUT2D eigenvalue weighted by atomic mass is 10.2. The second-order valence-corrected chi connectivity index (χ2v) is 7.59. The molecule has 2 aromatic carbocycles. The molecule has 6 heteroatoms. The first-order chi connectivity index (χ1) is 13.2. The summed E-state index contributed by atoms with van der Waals surface area (Å²) < 4.78 is 5.31. The maximum Gasteiger partial charge on any atom is 0.224 e. The molecule has 0 spiro atoms. The molecule has 0 aliphatic carbocycles. The van der Waals surface area contributed by atoms with Gasteiger partial charge in [0.25, 0.3) is 0 Å². The lowest BCUT2D eigenvalue weighted by molar-refractivity contribution is -0.132. The second kappa shape index (κ2) is 7.88. The normalized spacial score (nSPS) is 17.1. The number of nitrogens with zero attached hydrogens (tertiary/aromatic N) is 2. The van der Waals surface area contributed by atoms with Gasteiger partial charge >= 0.3 is 0 Å². The summed E-state index contributed by atoms with van der Waals surface area (Å²) in [5.41, 5.74) is 3.04. The van der Waals surface area contributed by atoms with Crippen LogP contribution in [0.15, 0.2) is 60.8 Å². The van der Waals surface area contributed by atoms with E-state index < -0.39 is 0 Å². The number of aromatic amines is 1. The molecule has 1 amide bonds. The highest BCUT2D eigenvalue weighted by Gasteiger charge is 2.31. The van der Waals surface area contributed by atoms with E-state index in [0.29, 0.717) is 13.0 Å². The average molecular weight is 379 g/mol. The summed E-state index contributed by atoms with van der Waals surface area (Å²) in [6.07, 6.45) is 2.40. The van der Waals surface area contributed by atoms with Gasteiger partial charge in [-0.15, -0.1) is 11.8 Å². The minimum atomic E-state index is -0.0672. The van der Waals surface area contributed by atoms with Gasteiger partial charge in [-0.1, -0.05) is 42.5 Å². The minimum absolute atomic E-state index is 0.0672. The van der Waals surface area contributed by atoms with E-state index in [1.165, 1.54) is 0 Å². The zero-order valence-electron chi connectivity index (χ0n) is 15.1. The summed E-state index contributed by atoms with van der Waals surface area (Å²) in [4.78, 5) is 22.5. The Morgan fingerprint density at radius 1 is 1.22 bits per heavy atom. The Hall–Kier alpha value is -2.73. The zero-order chi connectivity index (χ0) is 18.6. The van der Waals surface area contributed by atoms with Crippen molar-refractivity contribution >= 4 is 17.7 Å². The lowest BCUT2D eigenvalue weighted by Gasteiger charge is -2.34. The fourth-order valence-corrected chi connectivity index (χ4v) is 4.41. The van der Waals surface area contributed by atoms with Crippen LogP contribution in [0.25, 0.3) is 11.4 Å². The average Bonchev–Trinajstić information content (AvgIpc) is 3.20. The number of amides is 1. The number of nitrogens with one attached hydrogen (secondary N) is 1. The van der Waals surface area contributed by atoms with Crippen LogP contribution in [0.1, 0.15) is 23.1 Å². The number of imidazole rings is 1. The van der Waals surface area contributed by atoms with Gasteiger partial charge in [0.2, 0.25) is 5.91 Å². The van der Waals surface area contributed by atoms with Crippen molar-refractivity contribution in [2.45, 2.75) is 18.3 Å². The molecule has 1 saturated heterocycles. The Labute approximate surface area is 162 Å². The van der Waals surface area contributed by atoms with E-state index in [2.05, 4.69) is 9.97 Å². The molecule has 1 aliphatic heterocycles. The predicted molar refractivity (Wildman–Crippen MR) is 107 cm³/mol. The van der Waals surface area contributed by atoms with Crippen LogP contribution in [0.3, 0.4) is 0 Å². The molecule has 5 nitrogen and oxygen atoms in total. The van der Waals surface area contributed by atoms with E-state index in [4.69, 9.17) is 4.74 Å². The molecular weight excluding hydrogens is 358 g/mol. The third kappa shape index (κ3) is 3.85. The fourth-order valence-electron chi connectivity index (χ4n) is 3.22. The Morgan fingerprint density at radius 3 is 2.89 bits per heavy atom. The summed E-state index contributed by atoms with van der Waals surface area (Å²) in [7, 11) is 1.65.